The molecule has 2 unspecified atom stereocenters. The quantitative estimate of drug-likeness (QED) is 0.589. The first-order valence-electron chi connectivity index (χ1n) is 8.40. The average Bonchev–Trinajstić information content (AvgIpc) is 3.01. The number of hydrogen-bond donors (Lipinski definition) is 2. The predicted molar refractivity (Wildman–Crippen MR) is 103 cm³/mol. The van der Waals surface area contributed by atoms with Gasteiger partial charge in [0, 0.05) is 28.5 Å². The standard InChI is InChI=1S/C20H15BrF2N4O/c21-14-4-1-3-12(9-14)20(15-5-2-7-26-18(15)19(24)27-20)13-6-8-25-17(10-13)28-11-16(22)23/h1-11,19,27H,24H2. The number of hydrogen-bond acceptors (Lipinski definition) is 5. The molecule has 1 aliphatic heterocycles. The lowest BCUT2D eigenvalue weighted by atomic mass is 9.79. The van der Waals surface area contributed by atoms with E-state index in [4.69, 9.17) is 10.5 Å². The topological polar surface area (TPSA) is 73.1 Å². The molecule has 2 atom stereocenters. The zero-order valence-electron chi connectivity index (χ0n) is 14.4. The molecule has 0 amide bonds. The first-order chi connectivity index (χ1) is 13.5. The van der Waals surface area contributed by atoms with Crippen LogP contribution in [0.3, 0.4) is 0 Å². The molecule has 0 fully saturated rings. The minimum Gasteiger partial charge on any atom is -0.441 e. The molecule has 2 aromatic heterocycles. The third-order valence-electron chi connectivity index (χ3n) is 4.60. The number of nitrogens with zero attached hydrogens (tertiary/aromatic N) is 2. The molecule has 1 aromatic carbocycles. The van der Waals surface area contributed by atoms with Gasteiger partial charge in [-0.25, -0.2) is 4.98 Å². The molecule has 4 rings (SSSR count). The van der Waals surface area contributed by atoms with E-state index in [2.05, 4.69) is 31.2 Å². The van der Waals surface area contributed by atoms with Crippen LogP contribution in [0.4, 0.5) is 8.78 Å². The van der Waals surface area contributed by atoms with E-state index in [1.807, 2.05) is 36.4 Å². The van der Waals surface area contributed by atoms with Crippen molar-refractivity contribution in [3.05, 3.63) is 100 Å². The highest BCUT2D eigenvalue weighted by molar-refractivity contribution is 9.10. The number of fused-ring (bicyclic) bond motifs is 1. The van der Waals surface area contributed by atoms with E-state index in [0.29, 0.717) is 6.26 Å². The van der Waals surface area contributed by atoms with Gasteiger partial charge in [0.1, 0.15) is 6.17 Å². The number of pyridine rings is 2. The second-order valence-electron chi connectivity index (χ2n) is 6.23. The number of ether oxygens (including phenoxy) is 1. The van der Waals surface area contributed by atoms with Gasteiger partial charge < -0.3 is 10.5 Å². The molecule has 0 radical (unpaired) electrons. The van der Waals surface area contributed by atoms with Crippen molar-refractivity contribution in [2.75, 3.05) is 0 Å². The Hall–Kier alpha value is -2.68. The summed E-state index contributed by atoms with van der Waals surface area (Å²) < 4.78 is 30.7. The van der Waals surface area contributed by atoms with Gasteiger partial charge in [-0.2, -0.15) is 8.78 Å². The highest BCUT2D eigenvalue weighted by Crippen LogP contribution is 2.45. The van der Waals surface area contributed by atoms with Crippen LogP contribution in [0, 0.1) is 0 Å². The molecule has 3 N–H and O–H groups in total. The van der Waals surface area contributed by atoms with Gasteiger partial charge in [-0.1, -0.05) is 34.1 Å². The van der Waals surface area contributed by atoms with Crippen LogP contribution in [0.2, 0.25) is 0 Å². The molecule has 5 nitrogen and oxygen atoms in total. The van der Waals surface area contributed by atoms with Gasteiger partial charge in [0.05, 0.1) is 11.2 Å². The lowest BCUT2D eigenvalue weighted by Gasteiger charge is -2.33. The van der Waals surface area contributed by atoms with Crippen molar-refractivity contribution in [1.29, 1.82) is 0 Å². The van der Waals surface area contributed by atoms with E-state index in [9.17, 15) is 8.78 Å². The summed E-state index contributed by atoms with van der Waals surface area (Å²) >= 11 is 3.51. The maximum absolute atomic E-state index is 12.4. The van der Waals surface area contributed by atoms with Crippen LogP contribution in [0.5, 0.6) is 5.88 Å². The summed E-state index contributed by atoms with van der Waals surface area (Å²) in [6.45, 7) is 0. The van der Waals surface area contributed by atoms with E-state index in [0.717, 1.165) is 26.9 Å². The fourth-order valence-corrected chi connectivity index (χ4v) is 3.94. The number of nitrogens with one attached hydrogen (secondary N) is 1. The second kappa shape index (κ2) is 7.38. The molecular formula is C20H15BrF2N4O. The first kappa shape index (κ1) is 18.7. The highest BCUT2D eigenvalue weighted by atomic mass is 79.9. The van der Waals surface area contributed by atoms with E-state index in [-0.39, 0.29) is 5.88 Å². The molecule has 0 bridgehead atoms. The molecule has 3 aromatic rings. The summed E-state index contributed by atoms with van der Waals surface area (Å²) in [4.78, 5) is 8.45. The minimum atomic E-state index is -1.94. The summed E-state index contributed by atoms with van der Waals surface area (Å²) in [5.41, 5.74) is 8.74. The van der Waals surface area contributed by atoms with Gasteiger partial charge in [0.15, 0.2) is 6.26 Å². The van der Waals surface area contributed by atoms with Gasteiger partial charge in [0.2, 0.25) is 5.88 Å². The van der Waals surface area contributed by atoms with Crippen molar-refractivity contribution in [1.82, 2.24) is 15.3 Å². The second-order valence-corrected chi connectivity index (χ2v) is 7.14. The van der Waals surface area contributed by atoms with Gasteiger partial charge in [-0.05, 0) is 35.4 Å². The van der Waals surface area contributed by atoms with E-state index < -0.39 is 17.8 Å². The molecule has 0 saturated carbocycles. The lowest BCUT2D eigenvalue weighted by molar-refractivity contribution is 0.358. The van der Waals surface area contributed by atoms with Gasteiger partial charge >= 0.3 is 6.08 Å². The van der Waals surface area contributed by atoms with E-state index >= 15 is 0 Å². The maximum atomic E-state index is 12.4. The monoisotopic (exact) mass is 444 g/mol. The number of benzene rings is 1. The normalized spacial score (nSPS) is 20.5. The molecule has 28 heavy (non-hydrogen) atoms. The summed E-state index contributed by atoms with van der Waals surface area (Å²) in [6.07, 6.45) is 1.12. The Morgan fingerprint density at radius 1 is 1.11 bits per heavy atom. The molecular weight excluding hydrogens is 430 g/mol. The Kier molecular flexibility index (Phi) is 4.92. The Bertz CT molecular complexity index is 1060. The molecule has 8 heteroatoms. The van der Waals surface area contributed by atoms with Gasteiger partial charge in [-0.3, -0.25) is 10.3 Å². The largest absolute Gasteiger partial charge is 0.441 e. The Balaban J connectivity index is 1.94. The van der Waals surface area contributed by atoms with Crippen LogP contribution in [-0.2, 0) is 5.54 Å². The Labute approximate surface area is 168 Å². The first-order valence-corrected chi connectivity index (χ1v) is 9.19. The van der Waals surface area contributed by atoms with E-state index in [1.54, 1.807) is 18.3 Å². The van der Waals surface area contributed by atoms with Crippen LogP contribution in [0.1, 0.15) is 28.6 Å². The molecule has 0 spiro atoms. The number of rotatable bonds is 4. The third-order valence-corrected chi connectivity index (χ3v) is 5.10. The fourth-order valence-electron chi connectivity index (χ4n) is 3.54. The summed E-state index contributed by atoms with van der Waals surface area (Å²) in [7, 11) is 0. The molecule has 1 aliphatic rings. The van der Waals surface area contributed by atoms with Crippen molar-refractivity contribution < 1.29 is 13.5 Å². The van der Waals surface area contributed by atoms with Gasteiger partial charge in [-0.15, -0.1) is 0 Å². The van der Waals surface area contributed by atoms with Crippen molar-refractivity contribution in [2.24, 2.45) is 5.73 Å². The SMILES string of the molecule is NC1NC(c2cccc(Br)c2)(c2ccnc(OC=C(F)F)c2)c2cccnc21. The molecule has 0 aliphatic carbocycles. The third kappa shape index (κ3) is 3.19. The number of halogens is 3. The summed E-state index contributed by atoms with van der Waals surface area (Å²) in [5.74, 6) is 0.0485. The number of nitrogens with two attached hydrogens (primary N) is 1. The van der Waals surface area contributed by atoms with Crippen molar-refractivity contribution >= 4 is 15.9 Å². The fraction of sp³-hybridized carbons (Fsp3) is 0.100. The summed E-state index contributed by atoms with van der Waals surface area (Å²) in [6, 6.07) is 15.0. The van der Waals surface area contributed by atoms with E-state index in [1.165, 1.54) is 6.20 Å². The van der Waals surface area contributed by atoms with Crippen molar-refractivity contribution in [3.63, 3.8) is 0 Å². The Morgan fingerprint density at radius 2 is 1.93 bits per heavy atom. The number of aromatic nitrogens is 2. The highest BCUT2D eigenvalue weighted by Gasteiger charge is 2.46. The summed E-state index contributed by atoms with van der Waals surface area (Å²) in [5, 5.41) is 3.43. The van der Waals surface area contributed by atoms with Crippen LogP contribution in [0.25, 0.3) is 0 Å². The predicted octanol–water partition coefficient (Wildman–Crippen LogP) is 4.21. The molecule has 0 saturated heterocycles. The van der Waals surface area contributed by atoms with Crippen LogP contribution >= 0.6 is 15.9 Å². The minimum absolute atomic E-state index is 0.0485. The zero-order valence-corrected chi connectivity index (χ0v) is 16.0. The van der Waals surface area contributed by atoms with Gasteiger partial charge in [0.25, 0.3) is 0 Å². The smallest absolute Gasteiger partial charge is 0.305 e. The lowest BCUT2D eigenvalue weighted by Crippen LogP contribution is -2.42. The van der Waals surface area contributed by atoms with Crippen LogP contribution in [-0.4, -0.2) is 9.97 Å². The van der Waals surface area contributed by atoms with Crippen molar-refractivity contribution in [2.45, 2.75) is 11.7 Å². The zero-order chi connectivity index (χ0) is 19.7. The molecule has 142 valence electrons. The van der Waals surface area contributed by atoms with Crippen LogP contribution < -0.4 is 15.8 Å². The van der Waals surface area contributed by atoms with Crippen molar-refractivity contribution in [3.8, 4) is 5.88 Å². The molecule has 3 heterocycles. The van der Waals surface area contributed by atoms with Crippen LogP contribution in [0.15, 0.2) is 77.7 Å². The Morgan fingerprint density at radius 3 is 2.71 bits per heavy atom. The maximum Gasteiger partial charge on any atom is 0.305 e. The average molecular weight is 445 g/mol.